The first-order valence-corrected chi connectivity index (χ1v) is 7.11. The van der Waals surface area contributed by atoms with Crippen LogP contribution in [-0.4, -0.2) is 14.9 Å². The van der Waals surface area contributed by atoms with Crippen molar-refractivity contribution in [2.75, 3.05) is 0 Å². The Bertz CT molecular complexity index is 731. The average molecular weight is 278 g/mol. The van der Waals surface area contributed by atoms with Crippen molar-refractivity contribution in [2.45, 2.75) is 19.8 Å². The van der Waals surface area contributed by atoms with Crippen molar-refractivity contribution in [2.24, 2.45) is 0 Å². The first kappa shape index (κ1) is 13.4. The molecule has 3 nitrogen and oxygen atoms in total. The van der Waals surface area contributed by atoms with Crippen LogP contribution in [0.5, 0.6) is 5.75 Å². The van der Waals surface area contributed by atoms with Gasteiger partial charge in [0.2, 0.25) is 0 Å². The molecule has 3 heteroatoms. The lowest BCUT2D eigenvalue weighted by Gasteiger charge is -2.10. The molecule has 0 aliphatic rings. The maximum absolute atomic E-state index is 10.6. The van der Waals surface area contributed by atoms with Crippen LogP contribution in [0, 0.1) is 0 Å². The standard InChI is InChI=1S/C18H18N2O/c1-13(2)17-18(21)16(14-9-5-3-6-10-14)19-20(17)15-11-7-4-8-12-15/h3-13,21H,1-2H3. The summed E-state index contributed by atoms with van der Waals surface area (Å²) >= 11 is 0. The van der Waals surface area contributed by atoms with Gasteiger partial charge in [0.25, 0.3) is 0 Å². The van der Waals surface area contributed by atoms with Gasteiger partial charge in [-0.3, -0.25) is 0 Å². The zero-order chi connectivity index (χ0) is 14.8. The van der Waals surface area contributed by atoms with E-state index >= 15 is 0 Å². The molecule has 0 fully saturated rings. The lowest BCUT2D eigenvalue weighted by atomic mass is 10.1. The molecule has 0 bridgehead atoms. The predicted octanol–water partition coefficient (Wildman–Crippen LogP) is 4.37. The Morgan fingerprint density at radius 1 is 0.905 bits per heavy atom. The molecule has 106 valence electrons. The van der Waals surface area contributed by atoms with E-state index in [2.05, 4.69) is 18.9 Å². The van der Waals surface area contributed by atoms with Crippen LogP contribution in [0.1, 0.15) is 25.5 Å². The van der Waals surface area contributed by atoms with E-state index in [0.717, 1.165) is 16.9 Å². The van der Waals surface area contributed by atoms with Crippen LogP contribution < -0.4 is 0 Å². The lowest BCUT2D eigenvalue weighted by Crippen LogP contribution is -2.03. The average Bonchev–Trinajstić information content (AvgIpc) is 2.87. The topological polar surface area (TPSA) is 38.1 Å². The van der Waals surface area contributed by atoms with Gasteiger partial charge < -0.3 is 5.11 Å². The highest BCUT2D eigenvalue weighted by Gasteiger charge is 2.21. The van der Waals surface area contributed by atoms with E-state index < -0.39 is 0 Å². The highest BCUT2D eigenvalue weighted by molar-refractivity contribution is 5.68. The summed E-state index contributed by atoms with van der Waals surface area (Å²) in [6, 6.07) is 19.7. The number of hydrogen-bond acceptors (Lipinski definition) is 2. The third-order valence-electron chi connectivity index (χ3n) is 3.49. The second-order valence-corrected chi connectivity index (χ2v) is 5.35. The molecule has 3 rings (SSSR count). The smallest absolute Gasteiger partial charge is 0.165 e. The van der Waals surface area contributed by atoms with Gasteiger partial charge in [-0.05, 0) is 18.1 Å². The minimum atomic E-state index is 0.176. The van der Waals surface area contributed by atoms with Gasteiger partial charge in [-0.1, -0.05) is 62.4 Å². The minimum absolute atomic E-state index is 0.176. The first-order chi connectivity index (χ1) is 10.2. The lowest BCUT2D eigenvalue weighted by molar-refractivity contribution is 0.464. The molecular formula is C18H18N2O. The Morgan fingerprint density at radius 2 is 1.48 bits per heavy atom. The van der Waals surface area contributed by atoms with E-state index in [-0.39, 0.29) is 11.7 Å². The van der Waals surface area contributed by atoms with Gasteiger partial charge >= 0.3 is 0 Å². The molecule has 21 heavy (non-hydrogen) atoms. The molecular weight excluding hydrogens is 260 g/mol. The minimum Gasteiger partial charge on any atom is -0.504 e. The normalized spacial score (nSPS) is 11.0. The Balaban J connectivity index is 2.22. The van der Waals surface area contributed by atoms with Crippen LogP contribution in [0.3, 0.4) is 0 Å². The number of hydrogen-bond donors (Lipinski definition) is 1. The molecule has 0 radical (unpaired) electrons. The molecule has 0 saturated carbocycles. The van der Waals surface area contributed by atoms with Crippen LogP contribution in [0.15, 0.2) is 60.7 Å². The summed E-state index contributed by atoms with van der Waals surface area (Å²) in [4.78, 5) is 0. The van der Waals surface area contributed by atoms with Crippen molar-refractivity contribution in [3.05, 3.63) is 66.4 Å². The third kappa shape index (κ3) is 2.42. The fourth-order valence-electron chi connectivity index (χ4n) is 2.50. The fraction of sp³-hybridized carbons (Fsp3) is 0.167. The Labute approximate surface area is 124 Å². The van der Waals surface area contributed by atoms with Crippen LogP contribution in [0.25, 0.3) is 16.9 Å². The maximum Gasteiger partial charge on any atom is 0.165 e. The van der Waals surface area contributed by atoms with E-state index in [1.807, 2.05) is 65.3 Å². The second-order valence-electron chi connectivity index (χ2n) is 5.35. The largest absolute Gasteiger partial charge is 0.504 e. The summed E-state index contributed by atoms with van der Waals surface area (Å²) in [7, 11) is 0. The van der Waals surface area contributed by atoms with Crippen molar-refractivity contribution in [3.63, 3.8) is 0 Å². The van der Waals surface area contributed by atoms with Crippen LogP contribution in [0.2, 0.25) is 0 Å². The zero-order valence-electron chi connectivity index (χ0n) is 12.2. The molecule has 2 aromatic carbocycles. The van der Waals surface area contributed by atoms with E-state index in [0.29, 0.717) is 5.69 Å². The predicted molar refractivity (Wildman–Crippen MR) is 84.8 cm³/mol. The van der Waals surface area contributed by atoms with Gasteiger partial charge in [0, 0.05) is 5.56 Å². The monoisotopic (exact) mass is 278 g/mol. The van der Waals surface area contributed by atoms with Crippen molar-refractivity contribution in [1.29, 1.82) is 0 Å². The number of nitrogens with zero attached hydrogens (tertiary/aromatic N) is 2. The number of para-hydroxylation sites is 1. The summed E-state index contributed by atoms with van der Waals surface area (Å²) in [5, 5.41) is 15.2. The number of aromatic nitrogens is 2. The molecule has 0 aliphatic carbocycles. The van der Waals surface area contributed by atoms with E-state index in [1.165, 1.54) is 0 Å². The van der Waals surface area contributed by atoms with Crippen molar-refractivity contribution < 1.29 is 5.11 Å². The van der Waals surface area contributed by atoms with Gasteiger partial charge in [0.15, 0.2) is 5.75 Å². The van der Waals surface area contributed by atoms with Gasteiger partial charge in [-0.25, -0.2) is 4.68 Å². The van der Waals surface area contributed by atoms with Gasteiger partial charge in [0.1, 0.15) is 5.69 Å². The number of aromatic hydroxyl groups is 1. The Hall–Kier alpha value is -2.55. The molecule has 1 aromatic heterocycles. The third-order valence-corrected chi connectivity index (χ3v) is 3.49. The summed E-state index contributed by atoms with van der Waals surface area (Å²) in [6.07, 6.45) is 0. The Morgan fingerprint density at radius 3 is 2.05 bits per heavy atom. The summed E-state index contributed by atoms with van der Waals surface area (Å²) in [6.45, 7) is 4.12. The van der Waals surface area contributed by atoms with Gasteiger partial charge in [-0.2, -0.15) is 5.10 Å². The van der Waals surface area contributed by atoms with Crippen LogP contribution >= 0.6 is 0 Å². The molecule has 0 spiro atoms. The van der Waals surface area contributed by atoms with Crippen molar-refractivity contribution in [1.82, 2.24) is 9.78 Å². The molecule has 0 unspecified atom stereocenters. The van der Waals surface area contributed by atoms with E-state index in [9.17, 15) is 5.11 Å². The number of benzene rings is 2. The molecule has 1 heterocycles. The molecule has 0 atom stereocenters. The highest BCUT2D eigenvalue weighted by Crippen LogP contribution is 2.36. The zero-order valence-corrected chi connectivity index (χ0v) is 12.2. The Kier molecular flexibility index (Phi) is 3.48. The summed E-state index contributed by atoms with van der Waals surface area (Å²) in [5.74, 6) is 0.440. The second kappa shape index (κ2) is 5.44. The van der Waals surface area contributed by atoms with Crippen LogP contribution in [-0.2, 0) is 0 Å². The SMILES string of the molecule is CC(C)c1c(O)c(-c2ccccc2)nn1-c1ccccc1. The van der Waals surface area contributed by atoms with Crippen molar-refractivity contribution in [3.8, 4) is 22.7 Å². The van der Waals surface area contributed by atoms with E-state index in [4.69, 9.17) is 0 Å². The maximum atomic E-state index is 10.6. The van der Waals surface area contributed by atoms with Gasteiger partial charge in [-0.15, -0.1) is 0 Å². The van der Waals surface area contributed by atoms with E-state index in [1.54, 1.807) is 0 Å². The highest BCUT2D eigenvalue weighted by atomic mass is 16.3. The van der Waals surface area contributed by atoms with Crippen LogP contribution in [0.4, 0.5) is 0 Å². The fourth-order valence-corrected chi connectivity index (χ4v) is 2.50. The summed E-state index contributed by atoms with van der Waals surface area (Å²) in [5.41, 5.74) is 3.34. The summed E-state index contributed by atoms with van der Waals surface area (Å²) < 4.78 is 1.84. The quantitative estimate of drug-likeness (QED) is 0.772. The van der Waals surface area contributed by atoms with Crippen molar-refractivity contribution >= 4 is 0 Å². The molecule has 0 amide bonds. The molecule has 0 aliphatic heterocycles. The molecule has 0 saturated heterocycles. The molecule has 1 N–H and O–H groups in total. The number of rotatable bonds is 3. The molecule has 3 aromatic rings. The van der Waals surface area contributed by atoms with Gasteiger partial charge in [0.05, 0.1) is 11.4 Å². The first-order valence-electron chi connectivity index (χ1n) is 7.11.